The maximum absolute atomic E-state index is 12.5. The Labute approximate surface area is 330 Å². The van der Waals surface area contributed by atoms with E-state index in [1.165, 1.54) is 11.1 Å². The van der Waals surface area contributed by atoms with Crippen LogP contribution in [-0.4, -0.2) is 85.3 Å². The lowest BCUT2D eigenvalue weighted by molar-refractivity contribution is -0.130. The number of rotatable bonds is 7. The number of amides is 1. The molecule has 11 nitrogen and oxygen atoms in total. The average molecular weight is 769 g/mol. The van der Waals surface area contributed by atoms with Crippen LogP contribution in [0.5, 0.6) is 46.0 Å². The SMILES string of the molecule is COc1cc2cc(OC)c1OCCCOc1ccc(cc1)C(CCCN)c1ccc(cc1)OCCCOc1c(OC)cc(cc1OC)C21CCN(C(C)=O)CC1. The van der Waals surface area contributed by atoms with Gasteiger partial charge in [-0.2, -0.15) is 0 Å². The summed E-state index contributed by atoms with van der Waals surface area (Å²) in [5.74, 6) is 5.10. The van der Waals surface area contributed by atoms with Crippen molar-refractivity contribution in [2.75, 3.05) is 74.5 Å². The molecule has 0 saturated carbocycles. The van der Waals surface area contributed by atoms with Crippen molar-refractivity contribution in [1.82, 2.24) is 4.90 Å². The highest BCUT2D eigenvalue weighted by molar-refractivity contribution is 5.73. The van der Waals surface area contributed by atoms with Gasteiger partial charge in [-0.1, -0.05) is 24.3 Å². The van der Waals surface area contributed by atoms with Crippen LogP contribution in [0.4, 0.5) is 0 Å². The largest absolute Gasteiger partial charge is 0.493 e. The quantitative estimate of drug-likeness (QED) is 0.202. The Bertz CT molecular complexity index is 1720. The number of hydrogen-bond acceptors (Lipinski definition) is 10. The monoisotopic (exact) mass is 768 g/mol. The first-order valence-electron chi connectivity index (χ1n) is 19.5. The van der Waals surface area contributed by atoms with Crippen LogP contribution in [0.3, 0.4) is 0 Å². The minimum Gasteiger partial charge on any atom is -0.493 e. The fourth-order valence-corrected chi connectivity index (χ4v) is 7.83. The lowest BCUT2D eigenvalue weighted by Gasteiger charge is -2.43. The number of benzene rings is 4. The lowest BCUT2D eigenvalue weighted by Crippen LogP contribution is -2.45. The van der Waals surface area contributed by atoms with E-state index in [1.807, 2.05) is 53.4 Å². The third-order valence-corrected chi connectivity index (χ3v) is 11.0. The summed E-state index contributed by atoms with van der Waals surface area (Å²) in [6, 6.07) is 24.7. The van der Waals surface area contributed by atoms with Crippen molar-refractivity contribution < 1.29 is 42.7 Å². The molecule has 4 aromatic carbocycles. The maximum atomic E-state index is 12.5. The van der Waals surface area contributed by atoms with Crippen LogP contribution >= 0.6 is 0 Å². The highest BCUT2D eigenvalue weighted by Crippen LogP contribution is 2.51. The van der Waals surface area contributed by atoms with Crippen LogP contribution in [0.2, 0.25) is 0 Å². The summed E-state index contributed by atoms with van der Waals surface area (Å²) in [5.41, 5.74) is 9.73. The number of carbonyl (C=O) groups is 1. The third-order valence-electron chi connectivity index (χ3n) is 11.0. The van der Waals surface area contributed by atoms with Crippen molar-refractivity contribution in [2.45, 2.75) is 56.8 Å². The molecule has 0 aliphatic carbocycles. The predicted molar refractivity (Wildman–Crippen MR) is 216 cm³/mol. The van der Waals surface area contributed by atoms with E-state index in [2.05, 4.69) is 24.3 Å². The molecule has 0 atom stereocenters. The van der Waals surface area contributed by atoms with Crippen molar-refractivity contribution in [1.29, 1.82) is 0 Å². The minimum atomic E-state index is -0.552. The number of ether oxygens (including phenoxy) is 8. The van der Waals surface area contributed by atoms with E-state index >= 15 is 0 Å². The second kappa shape index (κ2) is 19.0. The van der Waals surface area contributed by atoms with Gasteiger partial charge in [0.2, 0.25) is 17.4 Å². The van der Waals surface area contributed by atoms with Gasteiger partial charge < -0.3 is 48.5 Å². The zero-order chi connectivity index (χ0) is 39.5. The van der Waals surface area contributed by atoms with Crippen molar-refractivity contribution in [2.24, 2.45) is 5.73 Å². The van der Waals surface area contributed by atoms with Gasteiger partial charge in [-0.25, -0.2) is 0 Å². The number of likely N-dealkylation sites (tertiary alicyclic amines) is 1. The average Bonchev–Trinajstić information content (AvgIpc) is 3.23. The van der Waals surface area contributed by atoms with Crippen LogP contribution in [0, 0.1) is 0 Å². The molecule has 1 amide bonds. The molecule has 56 heavy (non-hydrogen) atoms. The van der Waals surface area contributed by atoms with E-state index in [0.717, 1.165) is 35.5 Å². The van der Waals surface area contributed by atoms with Gasteiger partial charge in [0.05, 0.1) is 54.9 Å². The van der Waals surface area contributed by atoms with E-state index < -0.39 is 5.41 Å². The second-order valence-electron chi connectivity index (χ2n) is 14.2. The van der Waals surface area contributed by atoms with E-state index in [4.69, 9.17) is 43.6 Å². The first kappa shape index (κ1) is 40.4. The molecule has 0 radical (unpaired) electrons. The summed E-state index contributed by atoms with van der Waals surface area (Å²) >= 11 is 0. The van der Waals surface area contributed by atoms with Crippen LogP contribution < -0.4 is 43.6 Å². The Morgan fingerprint density at radius 1 is 0.661 bits per heavy atom. The predicted octanol–water partition coefficient (Wildman–Crippen LogP) is 7.53. The number of nitrogens with zero attached hydrogens (tertiary/aromatic N) is 1. The molecule has 11 heteroatoms. The topological polar surface area (TPSA) is 120 Å². The molecule has 1 spiro atoms. The fourth-order valence-electron chi connectivity index (χ4n) is 7.83. The molecule has 2 N–H and O–H groups in total. The van der Waals surface area contributed by atoms with Gasteiger partial charge >= 0.3 is 0 Å². The molecule has 11 aliphatic rings. The van der Waals surface area contributed by atoms with Gasteiger partial charge in [0, 0.05) is 44.2 Å². The van der Waals surface area contributed by atoms with Crippen LogP contribution in [0.1, 0.15) is 73.6 Å². The van der Waals surface area contributed by atoms with E-state index in [0.29, 0.717) is 106 Å². The highest BCUT2D eigenvalue weighted by atomic mass is 16.5. The van der Waals surface area contributed by atoms with Crippen LogP contribution in [0.25, 0.3) is 0 Å². The fraction of sp³-hybridized carbons (Fsp3) is 0.444. The zero-order valence-electron chi connectivity index (χ0n) is 33.4. The molecule has 11 aliphatic heterocycles. The Morgan fingerprint density at radius 3 is 1.41 bits per heavy atom. The minimum absolute atomic E-state index is 0.0496. The summed E-state index contributed by atoms with van der Waals surface area (Å²) in [4.78, 5) is 14.4. The number of carbonyl (C=O) groups excluding carboxylic acids is 1. The van der Waals surface area contributed by atoms with Crippen molar-refractivity contribution in [3.05, 3.63) is 95.1 Å². The maximum Gasteiger partial charge on any atom is 0.219 e. The van der Waals surface area contributed by atoms with Gasteiger partial charge in [-0.15, -0.1) is 0 Å². The van der Waals surface area contributed by atoms with Crippen LogP contribution in [-0.2, 0) is 10.2 Å². The Balaban J connectivity index is 1.35. The number of nitrogens with two attached hydrogens (primary N) is 1. The molecule has 8 bridgehead atoms. The van der Waals surface area contributed by atoms with Gasteiger partial charge in [-0.05, 0) is 103 Å². The molecule has 0 aromatic heterocycles. The molecule has 1 fully saturated rings. The van der Waals surface area contributed by atoms with Gasteiger partial charge in [0.1, 0.15) is 11.5 Å². The zero-order valence-corrected chi connectivity index (χ0v) is 33.4. The summed E-state index contributed by atoms with van der Waals surface area (Å²) in [7, 11) is 6.52. The Morgan fingerprint density at radius 2 is 1.05 bits per heavy atom. The first-order valence-corrected chi connectivity index (χ1v) is 19.5. The van der Waals surface area contributed by atoms with Gasteiger partial charge in [0.25, 0.3) is 0 Å². The van der Waals surface area contributed by atoms with E-state index in [1.54, 1.807) is 35.4 Å². The molecule has 11 heterocycles. The molecule has 300 valence electrons. The molecule has 0 unspecified atom stereocenters. The van der Waals surface area contributed by atoms with Crippen molar-refractivity contribution >= 4 is 5.91 Å². The van der Waals surface area contributed by atoms with E-state index in [9.17, 15) is 4.79 Å². The van der Waals surface area contributed by atoms with Crippen molar-refractivity contribution in [3.8, 4) is 46.0 Å². The van der Waals surface area contributed by atoms with Crippen LogP contribution in [0.15, 0.2) is 72.8 Å². The number of hydrogen-bond donors (Lipinski definition) is 1. The number of methoxy groups -OCH3 is 4. The molecule has 4 aromatic rings. The number of piperidine rings is 1. The normalized spacial score (nSPS) is 16.2. The first-order chi connectivity index (χ1) is 27.3. The standard InChI is InChI=1S/C45H56N2O9/c1-31(48)47-21-18-45(19-22-47)34-27-39(49-2)43(40(28-34)50-3)55-25-7-23-53-36-14-10-32(11-15-36)38(9-6-20-46)33-12-16-37(17-13-33)54-24-8-26-56-44-41(51-4)29-35(45)30-42(44)52-5/h10-17,27-30,38H,6-9,18-26,46H2,1-5H3. The van der Waals surface area contributed by atoms with Gasteiger partial charge in [0.15, 0.2) is 23.0 Å². The Hall–Kier alpha value is -5.29. The third kappa shape index (κ3) is 9.05. The van der Waals surface area contributed by atoms with Crippen molar-refractivity contribution in [3.63, 3.8) is 0 Å². The molecule has 1 saturated heterocycles. The molecular formula is C45H56N2O9. The molecule has 15 rings (SSSR count). The summed E-state index contributed by atoms with van der Waals surface area (Å²) in [6.07, 6.45) is 4.43. The lowest BCUT2D eigenvalue weighted by atomic mass is 9.67. The Kier molecular flexibility index (Phi) is 13.7. The second-order valence-corrected chi connectivity index (χ2v) is 14.2. The molecular weight excluding hydrogens is 712 g/mol. The summed E-state index contributed by atoms with van der Waals surface area (Å²) < 4.78 is 48.8. The summed E-state index contributed by atoms with van der Waals surface area (Å²) in [6.45, 7) is 5.11. The van der Waals surface area contributed by atoms with Gasteiger partial charge in [-0.3, -0.25) is 4.79 Å². The highest BCUT2D eigenvalue weighted by Gasteiger charge is 2.41. The van der Waals surface area contributed by atoms with E-state index in [-0.39, 0.29) is 11.8 Å². The smallest absolute Gasteiger partial charge is 0.219 e. The summed E-state index contributed by atoms with van der Waals surface area (Å²) in [5, 5.41) is 0.